The maximum Gasteiger partial charge on any atom is 0.130 e. The van der Waals surface area contributed by atoms with Crippen LogP contribution in [0.3, 0.4) is 0 Å². The number of nitrogens with one attached hydrogen (secondary N) is 1. The zero-order chi connectivity index (χ0) is 14.5. The first kappa shape index (κ1) is 14.6. The van der Waals surface area contributed by atoms with Crippen molar-refractivity contribution in [1.82, 2.24) is 5.32 Å². The number of hydrogen-bond donors (Lipinski definition) is 1. The Hall–Kier alpha value is -1.81. The van der Waals surface area contributed by atoms with E-state index in [1.807, 2.05) is 6.92 Å². The lowest BCUT2D eigenvalue weighted by Crippen LogP contribution is -2.25. The highest BCUT2D eigenvalue weighted by Crippen LogP contribution is 2.25. The van der Waals surface area contributed by atoms with Crippen LogP contribution < -0.4 is 5.32 Å². The van der Waals surface area contributed by atoms with Crippen molar-refractivity contribution >= 4 is 0 Å². The van der Waals surface area contributed by atoms with Gasteiger partial charge in [-0.2, -0.15) is 0 Å². The van der Waals surface area contributed by atoms with Crippen molar-refractivity contribution in [3.63, 3.8) is 0 Å². The molecule has 0 bridgehead atoms. The summed E-state index contributed by atoms with van der Waals surface area (Å²) in [6.45, 7) is 2.37. The Morgan fingerprint density at radius 2 is 1.50 bits per heavy atom. The van der Waals surface area contributed by atoms with Gasteiger partial charge in [0.1, 0.15) is 17.5 Å². The van der Waals surface area contributed by atoms with Gasteiger partial charge in [0.05, 0.1) is 0 Å². The second-order valence-corrected chi connectivity index (χ2v) is 4.54. The number of benzene rings is 2. The van der Waals surface area contributed by atoms with Crippen molar-refractivity contribution in [2.45, 2.75) is 19.4 Å². The summed E-state index contributed by atoms with van der Waals surface area (Å²) >= 11 is 0. The smallest absolute Gasteiger partial charge is 0.130 e. The van der Waals surface area contributed by atoms with Crippen LogP contribution in [0.2, 0.25) is 0 Å². The van der Waals surface area contributed by atoms with Gasteiger partial charge in [0.2, 0.25) is 0 Å². The number of hydrogen-bond acceptors (Lipinski definition) is 1. The second kappa shape index (κ2) is 6.57. The second-order valence-electron chi connectivity index (χ2n) is 4.54. The lowest BCUT2D eigenvalue weighted by Gasteiger charge is -2.20. The molecule has 1 unspecified atom stereocenters. The van der Waals surface area contributed by atoms with Gasteiger partial charge in [-0.15, -0.1) is 0 Å². The van der Waals surface area contributed by atoms with Gasteiger partial charge >= 0.3 is 0 Å². The summed E-state index contributed by atoms with van der Waals surface area (Å²) in [5.41, 5.74) is 0.388. The SMILES string of the molecule is CCNC(Cc1ccccc1F)c1c(F)cccc1F. The molecule has 2 aromatic carbocycles. The predicted octanol–water partition coefficient (Wildman–Crippen LogP) is 4.00. The monoisotopic (exact) mass is 279 g/mol. The first-order chi connectivity index (χ1) is 9.63. The van der Waals surface area contributed by atoms with Crippen LogP contribution in [0.5, 0.6) is 0 Å². The molecule has 1 N–H and O–H groups in total. The van der Waals surface area contributed by atoms with Crippen molar-refractivity contribution < 1.29 is 13.2 Å². The number of rotatable bonds is 5. The summed E-state index contributed by atoms with van der Waals surface area (Å²) in [6.07, 6.45) is 0.193. The molecule has 20 heavy (non-hydrogen) atoms. The molecule has 0 radical (unpaired) electrons. The fourth-order valence-electron chi connectivity index (χ4n) is 2.25. The van der Waals surface area contributed by atoms with Crippen molar-refractivity contribution in [2.24, 2.45) is 0 Å². The van der Waals surface area contributed by atoms with Crippen LogP contribution in [0.4, 0.5) is 13.2 Å². The summed E-state index contributed by atoms with van der Waals surface area (Å²) in [5, 5.41) is 3.01. The van der Waals surface area contributed by atoms with Gasteiger partial charge in [-0.25, -0.2) is 13.2 Å². The fraction of sp³-hybridized carbons (Fsp3) is 0.250. The van der Waals surface area contributed by atoms with Crippen molar-refractivity contribution in [2.75, 3.05) is 6.54 Å². The molecule has 0 aromatic heterocycles. The molecule has 1 atom stereocenters. The molecule has 0 saturated heterocycles. The van der Waals surface area contributed by atoms with Crippen LogP contribution in [0, 0.1) is 17.5 Å². The molecule has 0 fully saturated rings. The average Bonchev–Trinajstić information content (AvgIpc) is 2.41. The van der Waals surface area contributed by atoms with E-state index < -0.39 is 17.7 Å². The normalized spacial score (nSPS) is 12.4. The molecule has 106 valence electrons. The van der Waals surface area contributed by atoms with Gasteiger partial charge in [0.15, 0.2) is 0 Å². The van der Waals surface area contributed by atoms with Crippen molar-refractivity contribution in [1.29, 1.82) is 0 Å². The van der Waals surface area contributed by atoms with E-state index in [2.05, 4.69) is 5.32 Å². The van der Waals surface area contributed by atoms with Crippen LogP contribution in [0.1, 0.15) is 24.1 Å². The molecular formula is C16H16F3N. The first-order valence-electron chi connectivity index (χ1n) is 6.54. The summed E-state index contributed by atoms with van der Waals surface area (Å²) < 4.78 is 41.4. The predicted molar refractivity (Wildman–Crippen MR) is 72.9 cm³/mol. The molecule has 0 aliphatic carbocycles. The Bertz CT molecular complexity index is 563. The largest absolute Gasteiger partial charge is 0.310 e. The maximum atomic E-state index is 13.9. The van der Waals surface area contributed by atoms with Gasteiger partial charge in [-0.05, 0) is 36.7 Å². The van der Waals surface area contributed by atoms with Gasteiger partial charge in [-0.1, -0.05) is 31.2 Å². The van der Waals surface area contributed by atoms with Crippen LogP contribution in [0.15, 0.2) is 42.5 Å². The third-order valence-corrected chi connectivity index (χ3v) is 3.18. The quantitative estimate of drug-likeness (QED) is 0.872. The zero-order valence-electron chi connectivity index (χ0n) is 11.2. The molecule has 2 rings (SSSR count). The Morgan fingerprint density at radius 1 is 0.900 bits per heavy atom. The fourth-order valence-corrected chi connectivity index (χ4v) is 2.25. The van der Waals surface area contributed by atoms with E-state index in [9.17, 15) is 13.2 Å². The Kier molecular flexibility index (Phi) is 4.79. The summed E-state index contributed by atoms with van der Waals surface area (Å²) in [4.78, 5) is 0. The highest BCUT2D eigenvalue weighted by molar-refractivity contribution is 5.27. The summed E-state index contributed by atoms with van der Waals surface area (Å²) in [5.74, 6) is -1.60. The van der Waals surface area contributed by atoms with E-state index >= 15 is 0 Å². The number of likely N-dealkylation sites (N-methyl/N-ethyl adjacent to an activating group) is 1. The molecule has 1 nitrogen and oxygen atoms in total. The van der Waals surface area contributed by atoms with E-state index in [4.69, 9.17) is 0 Å². The Balaban J connectivity index is 2.35. The highest BCUT2D eigenvalue weighted by Gasteiger charge is 2.20. The maximum absolute atomic E-state index is 13.9. The molecule has 0 saturated carbocycles. The van der Waals surface area contributed by atoms with Crippen molar-refractivity contribution in [3.05, 3.63) is 71.0 Å². The Morgan fingerprint density at radius 3 is 2.10 bits per heavy atom. The molecule has 0 aliphatic heterocycles. The average molecular weight is 279 g/mol. The summed E-state index contributed by atoms with van der Waals surface area (Å²) in [6, 6.07) is 9.41. The minimum Gasteiger partial charge on any atom is -0.310 e. The third kappa shape index (κ3) is 3.20. The van der Waals surface area contributed by atoms with E-state index in [1.165, 1.54) is 24.3 Å². The molecule has 2 aromatic rings. The van der Waals surface area contributed by atoms with E-state index in [0.29, 0.717) is 12.1 Å². The lowest BCUT2D eigenvalue weighted by atomic mass is 9.97. The minimum atomic E-state index is -0.618. The molecule has 0 spiro atoms. The van der Waals surface area contributed by atoms with Gasteiger partial charge < -0.3 is 5.32 Å². The first-order valence-corrected chi connectivity index (χ1v) is 6.54. The van der Waals surface area contributed by atoms with Gasteiger partial charge in [0, 0.05) is 11.6 Å². The minimum absolute atomic E-state index is 0.0439. The van der Waals surface area contributed by atoms with E-state index in [0.717, 1.165) is 0 Å². The molecular weight excluding hydrogens is 263 g/mol. The van der Waals surface area contributed by atoms with Crippen LogP contribution in [-0.4, -0.2) is 6.54 Å². The van der Waals surface area contributed by atoms with Crippen LogP contribution >= 0.6 is 0 Å². The van der Waals surface area contributed by atoms with Crippen LogP contribution in [0.25, 0.3) is 0 Å². The van der Waals surface area contributed by atoms with Gasteiger partial charge in [-0.3, -0.25) is 0 Å². The third-order valence-electron chi connectivity index (χ3n) is 3.18. The van der Waals surface area contributed by atoms with E-state index in [-0.39, 0.29) is 17.8 Å². The van der Waals surface area contributed by atoms with E-state index in [1.54, 1.807) is 18.2 Å². The topological polar surface area (TPSA) is 12.0 Å². The van der Waals surface area contributed by atoms with Gasteiger partial charge in [0.25, 0.3) is 0 Å². The molecule has 0 aliphatic rings. The van der Waals surface area contributed by atoms with Crippen LogP contribution in [-0.2, 0) is 6.42 Å². The molecule has 0 amide bonds. The lowest BCUT2D eigenvalue weighted by molar-refractivity contribution is 0.466. The Labute approximate surface area is 116 Å². The summed E-state index contributed by atoms with van der Waals surface area (Å²) in [7, 11) is 0. The molecule has 4 heteroatoms. The zero-order valence-corrected chi connectivity index (χ0v) is 11.2. The standard InChI is InChI=1S/C16H16F3N/c1-2-20-15(10-11-6-3-4-7-12(11)17)16-13(18)8-5-9-14(16)19/h3-9,15,20H,2,10H2,1H3. The number of halogens is 3. The molecule has 0 heterocycles. The highest BCUT2D eigenvalue weighted by atomic mass is 19.1. The van der Waals surface area contributed by atoms with Crippen molar-refractivity contribution in [3.8, 4) is 0 Å².